The standard InChI is InChI=1S/C19H23N3O4S/c1-26-18-16(9-5-11-20-18)13-21-27(24,25)17-10-6-12-22(14-17)19(23)15-7-3-2-4-8-15/h2-5,7-9,11,17,21H,6,10,12-14H2,1H3/t17-/m0/s1. The van der Waals surface area contributed by atoms with E-state index in [1.54, 1.807) is 47.5 Å². The number of hydrogen-bond donors (Lipinski definition) is 1. The zero-order chi connectivity index (χ0) is 19.3. The molecule has 1 aliphatic heterocycles. The number of ether oxygens (including phenoxy) is 1. The van der Waals surface area contributed by atoms with Gasteiger partial charge in [-0.1, -0.05) is 24.3 Å². The molecule has 0 spiro atoms. The summed E-state index contributed by atoms with van der Waals surface area (Å²) in [5.41, 5.74) is 1.24. The Morgan fingerprint density at radius 1 is 1.26 bits per heavy atom. The number of carbonyl (C=O) groups excluding carboxylic acids is 1. The Kier molecular flexibility index (Phi) is 6.08. The molecule has 144 valence electrons. The van der Waals surface area contributed by atoms with E-state index < -0.39 is 15.3 Å². The molecule has 2 heterocycles. The number of benzene rings is 1. The van der Waals surface area contributed by atoms with Crippen LogP contribution in [0.5, 0.6) is 5.88 Å². The molecule has 0 bridgehead atoms. The molecule has 0 saturated carbocycles. The van der Waals surface area contributed by atoms with Crippen molar-refractivity contribution in [1.82, 2.24) is 14.6 Å². The van der Waals surface area contributed by atoms with Crippen LogP contribution in [0.4, 0.5) is 0 Å². The van der Waals surface area contributed by atoms with Crippen LogP contribution in [0.2, 0.25) is 0 Å². The quantitative estimate of drug-likeness (QED) is 0.814. The van der Waals surface area contributed by atoms with Crippen LogP contribution in [0.25, 0.3) is 0 Å². The third kappa shape index (κ3) is 4.64. The number of rotatable bonds is 6. The summed E-state index contributed by atoms with van der Waals surface area (Å²) < 4.78 is 33.3. The molecule has 8 heteroatoms. The largest absolute Gasteiger partial charge is 0.481 e. The number of methoxy groups -OCH3 is 1. The Morgan fingerprint density at radius 3 is 2.78 bits per heavy atom. The highest BCUT2D eigenvalue weighted by Gasteiger charge is 2.32. The van der Waals surface area contributed by atoms with Crippen molar-refractivity contribution in [2.24, 2.45) is 0 Å². The Morgan fingerprint density at radius 2 is 2.04 bits per heavy atom. The summed E-state index contributed by atoms with van der Waals surface area (Å²) >= 11 is 0. The molecule has 1 atom stereocenters. The van der Waals surface area contributed by atoms with Crippen molar-refractivity contribution < 1.29 is 17.9 Å². The van der Waals surface area contributed by atoms with Crippen LogP contribution in [0.3, 0.4) is 0 Å². The summed E-state index contributed by atoms with van der Waals surface area (Å²) in [6, 6.07) is 12.4. The normalized spacial score (nSPS) is 17.5. The average molecular weight is 389 g/mol. The van der Waals surface area contributed by atoms with Gasteiger partial charge in [0, 0.05) is 37.0 Å². The van der Waals surface area contributed by atoms with Gasteiger partial charge in [-0.2, -0.15) is 0 Å². The van der Waals surface area contributed by atoms with Gasteiger partial charge in [-0.15, -0.1) is 0 Å². The first-order valence-electron chi connectivity index (χ1n) is 8.82. The highest BCUT2D eigenvalue weighted by Crippen LogP contribution is 2.20. The van der Waals surface area contributed by atoms with E-state index >= 15 is 0 Å². The highest BCUT2D eigenvalue weighted by atomic mass is 32.2. The van der Waals surface area contributed by atoms with E-state index in [0.717, 1.165) is 0 Å². The lowest BCUT2D eigenvalue weighted by Crippen LogP contribution is -2.48. The minimum Gasteiger partial charge on any atom is -0.481 e. The van der Waals surface area contributed by atoms with Gasteiger partial charge in [0.1, 0.15) is 0 Å². The van der Waals surface area contributed by atoms with Crippen LogP contribution in [-0.4, -0.2) is 49.7 Å². The first-order valence-corrected chi connectivity index (χ1v) is 10.4. The molecule has 1 N–H and O–H groups in total. The van der Waals surface area contributed by atoms with Gasteiger partial charge < -0.3 is 9.64 Å². The summed E-state index contributed by atoms with van der Waals surface area (Å²) in [5.74, 6) is 0.258. The predicted molar refractivity (Wildman–Crippen MR) is 102 cm³/mol. The molecule has 1 amide bonds. The van der Waals surface area contributed by atoms with Gasteiger partial charge in [0.05, 0.1) is 12.4 Å². The van der Waals surface area contributed by atoms with Crippen molar-refractivity contribution in [3.8, 4) is 5.88 Å². The number of piperidine rings is 1. The molecule has 3 rings (SSSR count). The minimum absolute atomic E-state index is 0.0997. The molecule has 0 radical (unpaired) electrons. The second-order valence-corrected chi connectivity index (χ2v) is 8.46. The summed E-state index contributed by atoms with van der Waals surface area (Å²) in [6.45, 7) is 0.853. The van der Waals surface area contributed by atoms with Crippen molar-refractivity contribution >= 4 is 15.9 Å². The molecule has 0 unspecified atom stereocenters. The fraction of sp³-hybridized carbons (Fsp3) is 0.368. The lowest BCUT2D eigenvalue weighted by atomic mass is 10.1. The van der Waals surface area contributed by atoms with Gasteiger partial charge in [0.15, 0.2) is 0 Å². The van der Waals surface area contributed by atoms with Gasteiger partial charge in [-0.3, -0.25) is 4.79 Å². The maximum absolute atomic E-state index is 12.8. The van der Waals surface area contributed by atoms with E-state index in [4.69, 9.17) is 4.74 Å². The zero-order valence-corrected chi connectivity index (χ0v) is 16.0. The molecule has 1 aromatic heterocycles. The Hall–Kier alpha value is -2.45. The molecular formula is C19H23N3O4S. The topological polar surface area (TPSA) is 88.6 Å². The second-order valence-electron chi connectivity index (χ2n) is 6.42. The van der Waals surface area contributed by atoms with Gasteiger partial charge in [0.2, 0.25) is 15.9 Å². The van der Waals surface area contributed by atoms with Crippen molar-refractivity contribution in [2.45, 2.75) is 24.6 Å². The molecule has 2 aromatic rings. The molecule has 1 saturated heterocycles. The molecule has 0 aliphatic carbocycles. The van der Waals surface area contributed by atoms with Gasteiger partial charge >= 0.3 is 0 Å². The lowest BCUT2D eigenvalue weighted by molar-refractivity contribution is 0.0726. The first-order chi connectivity index (χ1) is 13.0. The number of sulfonamides is 1. The lowest BCUT2D eigenvalue weighted by Gasteiger charge is -2.32. The van der Waals surface area contributed by atoms with E-state index in [1.807, 2.05) is 6.07 Å². The highest BCUT2D eigenvalue weighted by molar-refractivity contribution is 7.90. The van der Waals surface area contributed by atoms with Crippen molar-refractivity contribution in [2.75, 3.05) is 20.2 Å². The SMILES string of the molecule is COc1ncccc1CNS(=O)(=O)[C@H]1CCCN(C(=O)c2ccccc2)C1. The smallest absolute Gasteiger partial charge is 0.253 e. The van der Waals surface area contributed by atoms with Crippen LogP contribution in [0, 0.1) is 0 Å². The van der Waals surface area contributed by atoms with E-state index in [-0.39, 0.29) is 19.0 Å². The van der Waals surface area contributed by atoms with Gasteiger partial charge in [-0.25, -0.2) is 18.1 Å². The summed E-state index contributed by atoms with van der Waals surface area (Å²) in [6.07, 6.45) is 2.77. The number of nitrogens with zero attached hydrogens (tertiary/aromatic N) is 2. The molecule has 1 aromatic carbocycles. The third-order valence-corrected chi connectivity index (χ3v) is 6.44. The van der Waals surface area contributed by atoms with Crippen molar-refractivity contribution in [3.63, 3.8) is 0 Å². The number of aromatic nitrogens is 1. The number of hydrogen-bond acceptors (Lipinski definition) is 5. The predicted octanol–water partition coefficient (Wildman–Crippen LogP) is 1.81. The Balaban J connectivity index is 1.66. The van der Waals surface area contributed by atoms with Crippen LogP contribution in [0.15, 0.2) is 48.7 Å². The van der Waals surface area contributed by atoms with Crippen LogP contribution in [-0.2, 0) is 16.6 Å². The maximum Gasteiger partial charge on any atom is 0.253 e. The van der Waals surface area contributed by atoms with Crippen LogP contribution >= 0.6 is 0 Å². The molecule has 7 nitrogen and oxygen atoms in total. The average Bonchev–Trinajstić information content (AvgIpc) is 2.72. The fourth-order valence-corrected chi connectivity index (χ4v) is 4.62. The number of amides is 1. The first kappa shape index (κ1) is 19.3. The van der Waals surface area contributed by atoms with E-state index in [0.29, 0.717) is 36.4 Å². The van der Waals surface area contributed by atoms with Crippen LogP contribution < -0.4 is 9.46 Å². The molecule has 27 heavy (non-hydrogen) atoms. The minimum atomic E-state index is -3.58. The molecule has 1 aliphatic rings. The molecule has 1 fully saturated rings. The number of carbonyl (C=O) groups is 1. The van der Waals surface area contributed by atoms with Crippen molar-refractivity contribution in [1.29, 1.82) is 0 Å². The van der Waals surface area contributed by atoms with E-state index in [1.165, 1.54) is 7.11 Å². The summed E-state index contributed by atoms with van der Waals surface area (Å²) in [5, 5.41) is -0.637. The number of nitrogens with one attached hydrogen (secondary N) is 1. The number of likely N-dealkylation sites (tertiary alicyclic amines) is 1. The third-order valence-electron chi connectivity index (χ3n) is 4.63. The van der Waals surface area contributed by atoms with Gasteiger partial charge in [-0.05, 0) is 31.0 Å². The maximum atomic E-state index is 12.8. The fourth-order valence-electron chi connectivity index (χ4n) is 3.18. The van der Waals surface area contributed by atoms with E-state index in [2.05, 4.69) is 9.71 Å². The monoisotopic (exact) mass is 389 g/mol. The summed E-state index contributed by atoms with van der Waals surface area (Å²) in [7, 11) is -2.09. The van der Waals surface area contributed by atoms with E-state index in [9.17, 15) is 13.2 Å². The van der Waals surface area contributed by atoms with Crippen molar-refractivity contribution in [3.05, 3.63) is 59.8 Å². The second kappa shape index (κ2) is 8.49. The van der Waals surface area contributed by atoms with Gasteiger partial charge in [0.25, 0.3) is 5.91 Å². The zero-order valence-electron chi connectivity index (χ0n) is 15.2. The summed E-state index contributed by atoms with van der Waals surface area (Å²) in [4.78, 5) is 18.3. The molecular weight excluding hydrogens is 366 g/mol. The number of pyridine rings is 1. The Labute approximate surface area is 159 Å². The van der Waals surface area contributed by atoms with Crippen LogP contribution in [0.1, 0.15) is 28.8 Å². The Bertz CT molecular complexity index is 887.